The minimum Gasteiger partial charge on any atom is -0.299 e. The van der Waals surface area contributed by atoms with Gasteiger partial charge in [0.25, 0.3) is 0 Å². The van der Waals surface area contributed by atoms with Crippen molar-refractivity contribution in [2.45, 2.75) is 37.3 Å². The van der Waals surface area contributed by atoms with Crippen LogP contribution in [0.15, 0.2) is 17.4 Å². The smallest absolute Gasteiger partial charge is 0.187 e. The Balaban J connectivity index is 1.89. The number of thioether (sulfide) groups is 1. The summed E-state index contributed by atoms with van der Waals surface area (Å²) in [6.07, 6.45) is 8.62. The molecule has 1 heterocycles. The summed E-state index contributed by atoms with van der Waals surface area (Å²) in [5.74, 6) is 0.963. The summed E-state index contributed by atoms with van der Waals surface area (Å²) in [5, 5.41) is 0.744. The summed E-state index contributed by atoms with van der Waals surface area (Å²) in [4.78, 5) is 20.2. The van der Waals surface area contributed by atoms with Crippen molar-refractivity contribution in [3.8, 4) is 0 Å². The molecule has 0 aliphatic heterocycles. The quantitative estimate of drug-likeness (QED) is 0.582. The Labute approximate surface area is 100 Å². The van der Waals surface area contributed by atoms with E-state index in [9.17, 15) is 4.79 Å². The molecule has 0 aromatic carbocycles. The van der Waals surface area contributed by atoms with Crippen LogP contribution in [0.25, 0.3) is 0 Å². The second kappa shape index (κ2) is 5.43. The van der Waals surface area contributed by atoms with E-state index in [0.717, 1.165) is 17.3 Å². The van der Waals surface area contributed by atoms with Gasteiger partial charge in [-0.1, -0.05) is 31.0 Å². The van der Waals surface area contributed by atoms with Crippen molar-refractivity contribution in [2.75, 3.05) is 6.26 Å². The number of hydrogen-bond donors (Lipinski definition) is 0. The van der Waals surface area contributed by atoms with Gasteiger partial charge in [-0.05, 0) is 18.2 Å². The molecule has 0 bridgehead atoms. The molecular formula is C12H16N2OS. The molecule has 3 nitrogen and oxygen atoms in total. The number of rotatable bonds is 5. The Morgan fingerprint density at radius 2 is 2.38 bits per heavy atom. The monoisotopic (exact) mass is 236 g/mol. The molecule has 1 aliphatic carbocycles. The molecule has 1 aromatic rings. The predicted octanol–water partition coefficient (Wildman–Crippen LogP) is 2.50. The maximum absolute atomic E-state index is 11.7. The molecule has 0 amide bonds. The molecule has 0 unspecified atom stereocenters. The van der Waals surface area contributed by atoms with E-state index < -0.39 is 0 Å². The van der Waals surface area contributed by atoms with Crippen molar-refractivity contribution < 1.29 is 4.79 Å². The van der Waals surface area contributed by atoms with Crippen molar-refractivity contribution in [3.05, 3.63) is 18.0 Å². The zero-order valence-electron chi connectivity index (χ0n) is 9.48. The second-order valence-electron chi connectivity index (χ2n) is 4.25. The second-order valence-corrected chi connectivity index (χ2v) is 5.02. The lowest BCUT2D eigenvalue weighted by atomic mass is 9.81. The van der Waals surface area contributed by atoms with E-state index in [1.807, 2.05) is 12.3 Å². The van der Waals surface area contributed by atoms with E-state index in [0.29, 0.717) is 18.1 Å². The average molecular weight is 236 g/mol. The van der Waals surface area contributed by atoms with Crippen molar-refractivity contribution in [1.29, 1.82) is 0 Å². The van der Waals surface area contributed by atoms with Crippen LogP contribution in [0, 0.1) is 5.92 Å². The largest absolute Gasteiger partial charge is 0.299 e. The molecule has 1 saturated carbocycles. The molecule has 0 N–H and O–H groups in total. The maximum Gasteiger partial charge on any atom is 0.187 e. The van der Waals surface area contributed by atoms with Gasteiger partial charge in [-0.2, -0.15) is 0 Å². The van der Waals surface area contributed by atoms with Crippen molar-refractivity contribution in [3.63, 3.8) is 0 Å². The van der Waals surface area contributed by atoms with Gasteiger partial charge in [-0.15, -0.1) is 0 Å². The van der Waals surface area contributed by atoms with Gasteiger partial charge in [0.1, 0.15) is 5.78 Å². The normalized spacial score (nSPS) is 15.8. The third-order valence-electron chi connectivity index (χ3n) is 2.99. The first-order valence-corrected chi connectivity index (χ1v) is 6.88. The molecule has 1 aromatic heterocycles. The van der Waals surface area contributed by atoms with Crippen molar-refractivity contribution in [2.24, 2.45) is 5.92 Å². The lowest BCUT2D eigenvalue weighted by molar-refractivity contribution is -0.119. The lowest BCUT2D eigenvalue weighted by Gasteiger charge is -2.24. The summed E-state index contributed by atoms with van der Waals surface area (Å²) in [6, 6.07) is 1.83. The Morgan fingerprint density at radius 3 is 3.00 bits per heavy atom. The third kappa shape index (κ3) is 3.04. The minimum atomic E-state index is 0.315. The molecule has 0 saturated heterocycles. The number of carbonyl (C=O) groups excluding carboxylic acids is 1. The van der Waals surface area contributed by atoms with Crippen LogP contribution in [0.2, 0.25) is 0 Å². The molecule has 0 spiro atoms. The highest BCUT2D eigenvalue weighted by molar-refractivity contribution is 7.98. The van der Waals surface area contributed by atoms with Gasteiger partial charge in [0.05, 0.1) is 5.69 Å². The van der Waals surface area contributed by atoms with Crippen LogP contribution in [-0.4, -0.2) is 22.0 Å². The number of carbonyl (C=O) groups is 1. The first kappa shape index (κ1) is 11.6. The van der Waals surface area contributed by atoms with E-state index in [1.54, 1.807) is 6.20 Å². The fraction of sp³-hybridized carbons (Fsp3) is 0.583. The first-order valence-electron chi connectivity index (χ1n) is 5.65. The first-order chi connectivity index (χ1) is 7.78. The summed E-state index contributed by atoms with van der Waals surface area (Å²) in [7, 11) is 0. The van der Waals surface area contributed by atoms with Gasteiger partial charge in [-0.3, -0.25) is 4.79 Å². The van der Waals surface area contributed by atoms with E-state index in [4.69, 9.17) is 0 Å². The molecule has 2 rings (SSSR count). The Bertz CT molecular complexity index is 377. The molecular weight excluding hydrogens is 220 g/mol. The standard InChI is InChI=1S/C12H16N2OS/c1-16-12-13-6-5-10(14-12)8-11(15)7-9-3-2-4-9/h5-6,9H,2-4,7-8H2,1H3. The number of nitrogens with zero attached hydrogens (tertiary/aromatic N) is 2. The molecule has 0 radical (unpaired) electrons. The summed E-state index contributed by atoms with van der Waals surface area (Å²) in [6.45, 7) is 0. The SMILES string of the molecule is CSc1nccc(CC(=O)CC2CCC2)n1. The molecule has 0 atom stereocenters. The van der Waals surface area contributed by atoms with Crippen LogP contribution in [0.1, 0.15) is 31.4 Å². The molecule has 16 heavy (non-hydrogen) atoms. The highest BCUT2D eigenvalue weighted by Gasteiger charge is 2.20. The van der Waals surface area contributed by atoms with Crippen LogP contribution < -0.4 is 0 Å². The number of hydrogen-bond acceptors (Lipinski definition) is 4. The lowest BCUT2D eigenvalue weighted by Crippen LogP contribution is -2.17. The Kier molecular flexibility index (Phi) is 3.93. The highest BCUT2D eigenvalue weighted by Crippen LogP contribution is 2.29. The number of ketones is 1. The average Bonchev–Trinajstić information content (AvgIpc) is 2.24. The van der Waals surface area contributed by atoms with E-state index in [1.165, 1.54) is 31.0 Å². The van der Waals surface area contributed by atoms with Gasteiger partial charge >= 0.3 is 0 Å². The zero-order chi connectivity index (χ0) is 11.4. The highest BCUT2D eigenvalue weighted by atomic mass is 32.2. The Hall–Kier alpha value is -0.900. The number of Topliss-reactive ketones (excluding diaryl/α,β-unsaturated/α-hetero) is 1. The fourth-order valence-electron chi connectivity index (χ4n) is 1.87. The third-order valence-corrected chi connectivity index (χ3v) is 3.55. The van der Waals surface area contributed by atoms with E-state index in [-0.39, 0.29) is 0 Å². The summed E-state index contributed by atoms with van der Waals surface area (Å²) >= 11 is 1.51. The molecule has 4 heteroatoms. The van der Waals surface area contributed by atoms with Crippen LogP contribution in [0.4, 0.5) is 0 Å². The van der Waals surface area contributed by atoms with Crippen LogP contribution in [-0.2, 0) is 11.2 Å². The van der Waals surface area contributed by atoms with Crippen LogP contribution in [0.5, 0.6) is 0 Å². The molecule has 1 fully saturated rings. The van der Waals surface area contributed by atoms with Crippen LogP contribution >= 0.6 is 11.8 Å². The van der Waals surface area contributed by atoms with Crippen LogP contribution in [0.3, 0.4) is 0 Å². The topological polar surface area (TPSA) is 42.9 Å². The predicted molar refractivity (Wildman–Crippen MR) is 64.5 cm³/mol. The Morgan fingerprint density at radius 1 is 1.56 bits per heavy atom. The van der Waals surface area contributed by atoms with Gasteiger partial charge in [-0.25, -0.2) is 9.97 Å². The summed E-state index contributed by atoms with van der Waals surface area (Å²) < 4.78 is 0. The van der Waals surface area contributed by atoms with Crippen molar-refractivity contribution in [1.82, 2.24) is 9.97 Å². The minimum absolute atomic E-state index is 0.315. The van der Waals surface area contributed by atoms with Gasteiger partial charge < -0.3 is 0 Å². The fourth-order valence-corrected chi connectivity index (χ4v) is 2.24. The molecule has 1 aliphatic rings. The number of aromatic nitrogens is 2. The molecule has 86 valence electrons. The van der Waals surface area contributed by atoms with Gasteiger partial charge in [0.2, 0.25) is 0 Å². The van der Waals surface area contributed by atoms with Crippen molar-refractivity contribution >= 4 is 17.5 Å². The maximum atomic E-state index is 11.7. The zero-order valence-corrected chi connectivity index (χ0v) is 10.3. The van der Waals surface area contributed by atoms with Gasteiger partial charge in [0.15, 0.2) is 5.16 Å². The summed E-state index contributed by atoms with van der Waals surface area (Å²) in [5.41, 5.74) is 0.851. The van der Waals surface area contributed by atoms with Gasteiger partial charge in [0, 0.05) is 19.0 Å². The van der Waals surface area contributed by atoms with E-state index >= 15 is 0 Å². The van der Waals surface area contributed by atoms with E-state index in [2.05, 4.69) is 9.97 Å².